The first-order chi connectivity index (χ1) is 9.11. The zero-order valence-corrected chi connectivity index (χ0v) is 13.9. The van der Waals surface area contributed by atoms with Gasteiger partial charge in [0.25, 0.3) is 0 Å². The Kier molecular flexibility index (Phi) is 4.99. The fraction of sp³-hybridized carbons (Fsp3) is 0.294. The van der Waals surface area contributed by atoms with Crippen LogP contribution in [0.5, 0.6) is 0 Å². The van der Waals surface area contributed by atoms with E-state index in [-0.39, 0.29) is 6.04 Å². The molecule has 1 atom stereocenters. The van der Waals surface area contributed by atoms with Crippen LogP contribution in [0.1, 0.15) is 35.2 Å². The summed E-state index contributed by atoms with van der Waals surface area (Å²) in [7, 11) is 0. The second-order valence-corrected chi connectivity index (χ2v) is 6.10. The van der Waals surface area contributed by atoms with E-state index in [1.807, 2.05) is 0 Å². The molecule has 0 saturated heterocycles. The zero-order chi connectivity index (χ0) is 13.8. The fourth-order valence-electron chi connectivity index (χ4n) is 2.50. The van der Waals surface area contributed by atoms with Gasteiger partial charge in [0.15, 0.2) is 0 Å². The minimum absolute atomic E-state index is 0.275. The van der Waals surface area contributed by atoms with E-state index in [2.05, 4.69) is 91.1 Å². The Morgan fingerprint density at radius 1 is 1.05 bits per heavy atom. The summed E-state index contributed by atoms with van der Waals surface area (Å²) in [5.74, 6) is 0. The maximum Gasteiger partial charge on any atom is 0.0587 e. The predicted molar refractivity (Wildman–Crippen MR) is 90.6 cm³/mol. The van der Waals surface area contributed by atoms with E-state index in [0.717, 1.165) is 6.54 Å². The van der Waals surface area contributed by atoms with Gasteiger partial charge in [-0.2, -0.15) is 0 Å². The monoisotopic (exact) mass is 365 g/mol. The molecule has 0 saturated carbocycles. The molecule has 0 radical (unpaired) electrons. The van der Waals surface area contributed by atoms with Crippen molar-refractivity contribution in [1.29, 1.82) is 0 Å². The number of aryl methyl sites for hydroxylation is 2. The van der Waals surface area contributed by atoms with Crippen molar-refractivity contribution in [1.82, 2.24) is 5.32 Å². The summed E-state index contributed by atoms with van der Waals surface area (Å²) in [4.78, 5) is 0. The molecule has 1 nitrogen and oxygen atoms in total. The van der Waals surface area contributed by atoms with Gasteiger partial charge in [0.1, 0.15) is 0 Å². The Labute approximate surface area is 129 Å². The minimum Gasteiger partial charge on any atom is -0.306 e. The third-order valence-electron chi connectivity index (χ3n) is 3.20. The topological polar surface area (TPSA) is 12.0 Å². The van der Waals surface area contributed by atoms with Gasteiger partial charge >= 0.3 is 0 Å². The molecule has 0 aromatic heterocycles. The number of rotatable bonds is 4. The Hall–Kier alpha value is -0.870. The van der Waals surface area contributed by atoms with Crippen LogP contribution in [0.3, 0.4) is 0 Å². The molecule has 100 valence electrons. The first kappa shape index (κ1) is 14.5. The molecule has 2 aromatic carbocycles. The molecule has 0 aliphatic heterocycles. The van der Waals surface area contributed by atoms with Crippen LogP contribution in [0.4, 0.5) is 0 Å². The van der Waals surface area contributed by atoms with Gasteiger partial charge in [0, 0.05) is 3.57 Å². The molecule has 0 bridgehead atoms. The van der Waals surface area contributed by atoms with Gasteiger partial charge in [-0.15, -0.1) is 0 Å². The highest BCUT2D eigenvalue weighted by atomic mass is 127. The van der Waals surface area contributed by atoms with Crippen LogP contribution in [-0.2, 0) is 0 Å². The number of benzene rings is 2. The highest BCUT2D eigenvalue weighted by Crippen LogP contribution is 2.27. The van der Waals surface area contributed by atoms with Crippen LogP contribution in [0.15, 0.2) is 42.5 Å². The van der Waals surface area contributed by atoms with E-state index < -0.39 is 0 Å². The summed E-state index contributed by atoms with van der Waals surface area (Å²) in [5.41, 5.74) is 5.35. The summed E-state index contributed by atoms with van der Waals surface area (Å²) in [6.45, 7) is 7.44. The average Bonchev–Trinajstić information content (AvgIpc) is 2.36. The van der Waals surface area contributed by atoms with Crippen LogP contribution < -0.4 is 5.32 Å². The van der Waals surface area contributed by atoms with Crippen molar-refractivity contribution in [2.75, 3.05) is 6.54 Å². The first-order valence-corrected chi connectivity index (χ1v) is 7.75. The molecule has 19 heavy (non-hydrogen) atoms. The van der Waals surface area contributed by atoms with Crippen LogP contribution in [0.2, 0.25) is 0 Å². The lowest BCUT2D eigenvalue weighted by Crippen LogP contribution is -2.23. The third kappa shape index (κ3) is 3.57. The Bertz CT molecular complexity index is 543. The second kappa shape index (κ2) is 6.53. The fourth-order valence-corrected chi connectivity index (χ4v) is 3.20. The highest BCUT2D eigenvalue weighted by molar-refractivity contribution is 14.1. The van der Waals surface area contributed by atoms with Gasteiger partial charge in [0.2, 0.25) is 0 Å². The molecule has 2 heteroatoms. The molecule has 0 aliphatic rings. The largest absolute Gasteiger partial charge is 0.306 e. The third-order valence-corrected chi connectivity index (χ3v) is 4.18. The van der Waals surface area contributed by atoms with Crippen molar-refractivity contribution < 1.29 is 0 Å². The molecule has 0 heterocycles. The van der Waals surface area contributed by atoms with E-state index >= 15 is 0 Å². The standard InChI is InChI=1S/C17H20IN/c1-4-19-17(15-7-5-6-8-16(15)18)14-10-12(2)9-13(3)11-14/h5-11,17,19H,4H2,1-3H3. The van der Waals surface area contributed by atoms with Crippen molar-refractivity contribution in [3.8, 4) is 0 Å². The van der Waals surface area contributed by atoms with E-state index in [9.17, 15) is 0 Å². The molecule has 0 amide bonds. The Morgan fingerprint density at radius 3 is 2.26 bits per heavy atom. The second-order valence-electron chi connectivity index (χ2n) is 4.93. The molecular weight excluding hydrogens is 345 g/mol. The molecule has 2 rings (SSSR count). The van der Waals surface area contributed by atoms with Crippen LogP contribution >= 0.6 is 22.6 Å². The van der Waals surface area contributed by atoms with Gasteiger partial charge in [-0.3, -0.25) is 0 Å². The predicted octanol–water partition coefficient (Wildman–Crippen LogP) is 4.61. The van der Waals surface area contributed by atoms with E-state index in [1.165, 1.54) is 25.8 Å². The SMILES string of the molecule is CCNC(c1cc(C)cc(C)c1)c1ccccc1I. The Morgan fingerprint density at radius 2 is 1.68 bits per heavy atom. The molecule has 2 aromatic rings. The van der Waals surface area contributed by atoms with Gasteiger partial charge in [0.05, 0.1) is 6.04 Å². The number of nitrogens with one attached hydrogen (secondary N) is 1. The summed E-state index contributed by atoms with van der Waals surface area (Å²) < 4.78 is 1.31. The number of hydrogen-bond acceptors (Lipinski definition) is 1. The van der Waals surface area contributed by atoms with Gasteiger partial charge < -0.3 is 5.32 Å². The van der Waals surface area contributed by atoms with Crippen molar-refractivity contribution in [2.45, 2.75) is 26.8 Å². The maximum absolute atomic E-state index is 3.61. The Balaban J connectivity index is 2.48. The van der Waals surface area contributed by atoms with E-state index in [4.69, 9.17) is 0 Å². The normalized spacial score (nSPS) is 12.4. The van der Waals surface area contributed by atoms with Crippen molar-refractivity contribution in [3.05, 3.63) is 68.3 Å². The number of hydrogen-bond donors (Lipinski definition) is 1. The lowest BCUT2D eigenvalue weighted by Gasteiger charge is -2.21. The molecular formula is C17H20IN. The summed E-state index contributed by atoms with van der Waals surface area (Å²) in [5, 5.41) is 3.61. The maximum atomic E-state index is 3.61. The lowest BCUT2D eigenvalue weighted by molar-refractivity contribution is 0.627. The summed E-state index contributed by atoms with van der Waals surface area (Å²) in [6, 6.07) is 15.7. The number of halogens is 1. The van der Waals surface area contributed by atoms with Crippen LogP contribution in [0, 0.1) is 17.4 Å². The van der Waals surface area contributed by atoms with Gasteiger partial charge in [-0.05, 0) is 60.2 Å². The molecule has 1 N–H and O–H groups in total. The van der Waals surface area contributed by atoms with E-state index in [0.29, 0.717) is 0 Å². The average molecular weight is 365 g/mol. The summed E-state index contributed by atoms with van der Waals surface area (Å²) in [6.07, 6.45) is 0. The quantitative estimate of drug-likeness (QED) is 0.781. The molecule has 0 aliphatic carbocycles. The zero-order valence-electron chi connectivity index (χ0n) is 11.7. The molecule has 1 unspecified atom stereocenters. The minimum atomic E-state index is 0.275. The van der Waals surface area contributed by atoms with Crippen molar-refractivity contribution in [3.63, 3.8) is 0 Å². The highest BCUT2D eigenvalue weighted by Gasteiger charge is 2.15. The van der Waals surface area contributed by atoms with Crippen molar-refractivity contribution >= 4 is 22.6 Å². The van der Waals surface area contributed by atoms with Gasteiger partial charge in [-0.25, -0.2) is 0 Å². The van der Waals surface area contributed by atoms with Gasteiger partial charge in [-0.1, -0.05) is 54.4 Å². The van der Waals surface area contributed by atoms with Crippen LogP contribution in [0.25, 0.3) is 0 Å². The first-order valence-electron chi connectivity index (χ1n) is 6.68. The molecule has 0 spiro atoms. The lowest BCUT2D eigenvalue weighted by atomic mass is 9.95. The molecule has 0 fully saturated rings. The van der Waals surface area contributed by atoms with Crippen molar-refractivity contribution in [2.24, 2.45) is 0 Å². The van der Waals surface area contributed by atoms with Crippen LogP contribution in [-0.4, -0.2) is 6.54 Å². The summed E-state index contributed by atoms with van der Waals surface area (Å²) >= 11 is 2.42. The smallest absolute Gasteiger partial charge is 0.0587 e. The van der Waals surface area contributed by atoms with E-state index in [1.54, 1.807) is 0 Å².